The number of pyridine rings is 1. The first-order valence-corrected chi connectivity index (χ1v) is 12.2. The van der Waals surface area contributed by atoms with E-state index in [9.17, 15) is 39.6 Å². The molecule has 38 heavy (non-hydrogen) atoms. The van der Waals surface area contributed by atoms with E-state index in [1.165, 1.54) is 11.1 Å². The van der Waals surface area contributed by atoms with Gasteiger partial charge in [0.05, 0.1) is 11.6 Å². The van der Waals surface area contributed by atoms with Crippen LogP contribution in [0.4, 0.5) is 5.82 Å². The highest BCUT2D eigenvalue weighted by Crippen LogP contribution is 2.52. The average molecular weight is 529 g/mol. The van der Waals surface area contributed by atoms with Crippen molar-refractivity contribution >= 4 is 29.2 Å². The Kier molecular flexibility index (Phi) is 6.40. The first kappa shape index (κ1) is 27.3. The van der Waals surface area contributed by atoms with Crippen molar-refractivity contribution in [2.75, 3.05) is 19.4 Å². The summed E-state index contributed by atoms with van der Waals surface area (Å²) in [5, 5.41) is 47.1. The van der Waals surface area contributed by atoms with Crippen LogP contribution < -0.4 is 11.1 Å². The number of carbonyl (C=O) groups is 4. The minimum absolute atomic E-state index is 0.0173. The molecule has 4 rings (SSSR count). The van der Waals surface area contributed by atoms with Crippen molar-refractivity contribution in [1.29, 1.82) is 0 Å². The minimum atomic E-state index is -2.71. The van der Waals surface area contributed by atoms with E-state index in [1.807, 2.05) is 20.8 Å². The number of rotatable bonds is 4. The normalized spacial score (nSPS) is 27.2. The standard InChI is InChI=1S/C26H32N4O8/c1-25(2,3)8-13(31)29-24-20(34)14-11(9-28-24)6-10-7-12-17(30(4)5)19(33)16(23(27)37)22(36)26(12,38)21(35)15(10)18(14)32/h9-10,12,17,33-35,38H,6-8H2,1-5H3,(H2,27,37)(H,28,29,31)/t10-,12-,17-,26-/m0/s1. The Labute approximate surface area is 218 Å². The van der Waals surface area contributed by atoms with Crippen LogP contribution in [-0.4, -0.2) is 79.4 Å². The number of ketones is 2. The van der Waals surface area contributed by atoms with Crippen LogP contribution in [0.2, 0.25) is 0 Å². The second kappa shape index (κ2) is 8.91. The summed E-state index contributed by atoms with van der Waals surface area (Å²) in [7, 11) is 3.12. The summed E-state index contributed by atoms with van der Waals surface area (Å²) < 4.78 is 0. The van der Waals surface area contributed by atoms with Crippen molar-refractivity contribution in [3.8, 4) is 5.75 Å². The number of aromatic nitrogens is 1. The summed E-state index contributed by atoms with van der Waals surface area (Å²) in [6.07, 6.45) is 1.58. The maximum absolute atomic E-state index is 13.7. The van der Waals surface area contributed by atoms with Gasteiger partial charge in [-0.3, -0.25) is 24.1 Å². The van der Waals surface area contributed by atoms with Crippen molar-refractivity contribution in [2.45, 2.75) is 51.7 Å². The van der Waals surface area contributed by atoms with Crippen LogP contribution >= 0.6 is 0 Å². The van der Waals surface area contributed by atoms with E-state index >= 15 is 0 Å². The summed E-state index contributed by atoms with van der Waals surface area (Å²) in [6, 6.07) is -1.06. The number of anilines is 1. The number of allylic oxidation sites excluding steroid dienone is 1. The Balaban J connectivity index is 1.83. The van der Waals surface area contributed by atoms with Gasteiger partial charge in [0.15, 0.2) is 23.0 Å². The highest BCUT2D eigenvalue weighted by Gasteiger charge is 2.63. The molecule has 1 aromatic heterocycles. The van der Waals surface area contributed by atoms with E-state index < -0.39 is 69.7 Å². The highest BCUT2D eigenvalue weighted by atomic mass is 16.3. The van der Waals surface area contributed by atoms with Crippen molar-refractivity contribution < 1.29 is 39.6 Å². The third kappa shape index (κ3) is 4.04. The van der Waals surface area contributed by atoms with E-state index in [-0.39, 0.29) is 41.6 Å². The number of carbonyl (C=O) groups excluding carboxylic acids is 4. The molecule has 12 nitrogen and oxygen atoms in total. The molecule has 7 N–H and O–H groups in total. The highest BCUT2D eigenvalue weighted by molar-refractivity contribution is 6.24. The number of amides is 2. The molecule has 0 fully saturated rings. The maximum atomic E-state index is 13.7. The molecule has 0 radical (unpaired) electrons. The van der Waals surface area contributed by atoms with E-state index in [1.54, 1.807) is 14.1 Å². The lowest BCUT2D eigenvalue weighted by Gasteiger charge is -2.50. The number of nitrogens with two attached hydrogens (primary N) is 1. The predicted octanol–water partition coefficient (Wildman–Crippen LogP) is 0.890. The third-order valence-corrected chi connectivity index (χ3v) is 7.41. The Hall–Kier alpha value is -3.77. The SMILES string of the molecule is CN(C)[C@@H]1C(O)=C(C(N)=O)C(=O)[C@@]2(O)C(O)=C3C(=O)c4c(cnc(NC(=O)CC(C)(C)C)c4O)C[C@H]3C[C@@H]12. The van der Waals surface area contributed by atoms with Gasteiger partial charge in [-0.15, -0.1) is 0 Å². The molecule has 0 aromatic carbocycles. The van der Waals surface area contributed by atoms with Crippen molar-refractivity contribution in [1.82, 2.24) is 9.88 Å². The molecule has 0 bridgehead atoms. The summed E-state index contributed by atoms with van der Waals surface area (Å²) in [5.41, 5.74) is 1.27. The predicted molar refractivity (Wildman–Crippen MR) is 134 cm³/mol. The molecule has 1 heterocycles. The van der Waals surface area contributed by atoms with Gasteiger partial charge in [0.2, 0.25) is 11.7 Å². The van der Waals surface area contributed by atoms with Crippen LogP contribution in [0.3, 0.4) is 0 Å². The number of nitrogens with zero attached hydrogens (tertiary/aromatic N) is 2. The molecule has 3 aliphatic rings. The number of likely N-dealkylation sites (N-methyl/N-ethyl adjacent to an activating group) is 1. The summed E-state index contributed by atoms with van der Waals surface area (Å²) >= 11 is 0. The van der Waals surface area contributed by atoms with E-state index in [2.05, 4.69) is 10.3 Å². The van der Waals surface area contributed by atoms with Gasteiger partial charge in [-0.05, 0) is 43.8 Å². The van der Waals surface area contributed by atoms with Crippen LogP contribution in [0, 0.1) is 17.3 Å². The molecule has 4 atom stereocenters. The lowest BCUT2D eigenvalue weighted by Crippen LogP contribution is -2.63. The van der Waals surface area contributed by atoms with Crippen LogP contribution in [0.15, 0.2) is 28.9 Å². The number of hydrogen-bond donors (Lipinski definition) is 6. The maximum Gasteiger partial charge on any atom is 0.255 e. The molecule has 0 aliphatic heterocycles. The number of primary amides is 1. The van der Waals surface area contributed by atoms with Crippen LogP contribution in [0.1, 0.15) is 49.5 Å². The fraction of sp³-hybridized carbons (Fsp3) is 0.500. The van der Waals surface area contributed by atoms with Gasteiger partial charge in [0.25, 0.3) is 5.91 Å². The van der Waals surface area contributed by atoms with Crippen molar-refractivity contribution in [2.24, 2.45) is 23.0 Å². The second-order valence-corrected chi connectivity index (χ2v) is 11.6. The molecule has 12 heteroatoms. The second-order valence-electron chi connectivity index (χ2n) is 11.6. The summed E-state index contributed by atoms with van der Waals surface area (Å²) in [6.45, 7) is 5.58. The molecular weight excluding hydrogens is 496 g/mol. The van der Waals surface area contributed by atoms with Gasteiger partial charge in [0, 0.05) is 24.1 Å². The van der Waals surface area contributed by atoms with Gasteiger partial charge < -0.3 is 31.5 Å². The van der Waals surface area contributed by atoms with Crippen LogP contribution in [0.25, 0.3) is 0 Å². The summed E-state index contributed by atoms with van der Waals surface area (Å²) in [5.74, 6) is -8.07. The molecule has 0 saturated heterocycles. The molecule has 1 aromatic rings. The quantitative estimate of drug-likeness (QED) is 0.305. The molecule has 3 aliphatic carbocycles. The number of fused-ring (bicyclic) bond motifs is 3. The lowest BCUT2D eigenvalue weighted by atomic mass is 9.58. The fourth-order valence-corrected chi connectivity index (χ4v) is 5.87. The Morgan fingerprint density at radius 2 is 1.84 bits per heavy atom. The zero-order valence-corrected chi connectivity index (χ0v) is 21.8. The van der Waals surface area contributed by atoms with Crippen molar-refractivity contribution in [3.63, 3.8) is 0 Å². The first-order valence-electron chi connectivity index (χ1n) is 12.2. The van der Waals surface area contributed by atoms with Crippen LogP contribution in [0.5, 0.6) is 5.75 Å². The monoisotopic (exact) mass is 528 g/mol. The number of hydrogen-bond acceptors (Lipinski definition) is 10. The number of Topliss-reactive ketones (excluding diaryl/α,β-unsaturated/α-hetero) is 2. The molecule has 204 valence electrons. The van der Waals surface area contributed by atoms with E-state index in [4.69, 9.17) is 5.73 Å². The topological polar surface area (TPSA) is 203 Å². The lowest BCUT2D eigenvalue weighted by molar-refractivity contribution is -0.148. The number of nitrogens with one attached hydrogen (secondary N) is 1. The fourth-order valence-electron chi connectivity index (χ4n) is 5.87. The molecule has 0 spiro atoms. The van der Waals surface area contributed by atoms with Gasteiger partial charge in [-0.2, -0.15) is 0 Å². The average Bonchev–Trinajstić information content (AvgIpc) is 2.76. The molecule has 0 unspecified atom stereocenters. The van der Waals surface area contributed by atoms with Gasteiger partial charge >= 0.3 is 0 Å². The first-order chi connectivity index (χ1) is 17.5. The summed E-state index contributed by atoms with van der Waals surface area (Å²) in [4.78, 5) is 57.0. The molecule has 2 amide bonds. The van der Waals surface area contributed by atoms with E-state index in [0.29, 0.717) is 5.56 Å². The van der Waals surface area contributed by atoms with Crippen LogP contribution in [-0.2, 0) is 20.8 Å². The van der Waals surface area contributed by atoms with Crippen molar-refractivity contribution in [3.05, 3.63) is 40.0 Å². The zero-order valence-electron chi connectivity index (χ0n) is 21.8. The number of aromatic hydroxyl groups is 1. The number of aliphatic hydroxyl groups is 3. The van der Waals surface area contributed by atoms with E-state index in [0.717, 1.165) is 0 Å². The Morgan fingerprint density at radius 1 is 1.21 bits per heavy atom. The molecular formula is C26H32N4O8. The number of aliphatic hydroxyl groups excluding tert-OH is 2. The van der Waals surface area contributed by atoms with Gasteiger partial charge in [-0.25, -0.2) is 4.98 Å². The third-order valence-electron chi connectivity index (χ3n) is 7.41. The zero-order chi connectivity index (χ0) is 28.5. The Bertz CT molecular complexity index is 1340. The largest absolute Gasteiger partial charge is 0.510 e. The molecule has 0 saturated carbocycles. The van der Waals surface area contributed by atoms with Gasteiger partial charge in [-0.1, -0.05) is 20.8 Å². The smallest absolute Gasteiger partial charge is 0.255 e. The Morgan fingerprint density at radius 3 is 2.39 bits per heavy atom. The minimum Gasteiger partial charge on any atom is -0.510 e. The van der Waals surface area contributed by atoms with Gasteiger partial charge in [0.1, 0.15) is 17.1 Å².